The molecule has 132 valence electrons. The molecule has 2 amide bonds. The molecule has 0 bridgehead atoms. The molecule has 1 aromatic carbocycles. The van der Waals surface area contributed by atoms with Crippen LogP contribution >= 0.6 is 11.6 Å². The van der Waals surface area contributed by atoms with Gasteiger partial charge in [0.15, 0.2) is 0 Å². The Labute approximate surface area is 151 Å². The second-order valence-electron chi connectivity index (χ2n) is 5.25. The first-order valence-corrected chi connectivity index (χ1v) is 8.34. The summed E-state index contributed by atoms with van der Waals surface area (Å²) in [6.07, 6.45) is 1.71. The summed E-state index contributed by atoms with van der Waals surface area (Å²) in [5.41, 5.74) is 2.12. The highest BCUT2D eigenvalue weighted by Crippen LogP contribution is 2.10. The van der Waals surface area contributed by atoms with Crippen molar-refractivity contribution in [1.29, 1.82) is 0 Å². The van der Waals surface area contributed by atoms with Crippen LogP contribution in [0.5, 0.6) is 0 Å². The molecule has 0 saturated heterocycles. The Morgan fingerprint density at radius 1 is 1.20 bits per heavy atom. The summed E-state index contributed by atoms with van der Waals surface area (Å²) in [6.45, 7) is 2.72. The monoisotopic (exact) mass is 361 g/mol. The van der Waals surface area contributed by atoms with Crippen molar-refractivity contribution < 1.29 is 14.3 Å². The SMILES string of the molecule is CCOC(=O)NCc1cc(C(=O)NCCc2cccc(Cl)c2)ccn1. The van der Waals surface area contributed by atoms with Gasteiger partial charge in [-0.05, 0) is 43.2 Å². The molecule has 0 unspecified atom stereocenters. The number of hydrogen-bond acceptors (Lipinski definition) is 4. The molecule has 1 heterocycles. The molecule has 0 aliphatic rings. The zero-order chi connectivity index (χ0) is 18.1. The quantitative estimate of drug-likeness (QED) is 0.794. The van der Waals surface area contributed by atoms with Gasteiger partial charge in [0.2, 0.25) is 0 Å². The summed E-state index contributed by atoms with van der Waals surface area (Å²) < 4.78 is 4.78. The fraction of sp³-hybridized carbons (Fsp3) is 0.278. The van der Waals surface area contributed by atoms with Crippen LogP contribution in [-0.4, -0.2) is 30.1 Å². The maximum absolute atomic E-state index is 12.2. The van der Waals surface area contributed by atoms with Crippen LogP contribution in [0.4, 0.5) is 4.79 Å². The van der Waals surface area contributed by atoms with Crippen molar-refractivity contribution in [3.63, 3.8) is 0 Å². The predicted octanol–water partition coefficient (Wildman–Crippen LogP) is 2.95. The number of carbonyl (C=O) groups excluding carboxylic acids is 2. The second kappa shape index (κ2) is 9.64. The molecule has 7 heteroatoms. The Morgan fingerprint density at radius 2 is 2.04 bits per heavy atom. The maximum Gasteiger partial charge on any atom is 0.407 e. The Kier molecular flexibility index (Phi) is 7.22. The second-order valence-corrected chi connectivity index (χ2v) is 5.68. The largest absolute Gasteiger partial charge is 0.450 e. The van der Waals surface area contributed by atoms with E-state index in [1.54, 1.807) is 19.1 Å². The third kappa shape index (κ3) is 6.43. The van der Waals surface area contributed by atoms with Gasteiger partial charge in [0.1, 0.15) is 0 Å². The fourth-order valence-electron chi connectivity index (χ4n) is 2.18. The van der Waals surface area contributed by atoms with Crippen LogP contribution in [0.15, 0.2) is 42.6 Å². The molecular formula is C18H20ClN3O3. The third-order valence-electron chi connectivity index (χ3n) is 3.36. The molecule has 2 N–H and O–H groups in total. The van der Waals surface area contributed by atoms with Gasteiger partial charge in [0, 0.05) is 23.3 Å². The van der Waals surface area contributed by atoms with E-state index in [4.69, 9.17) is 16.3 Å². The van der Waals surface area contributed by atoms with E-state index >= 15 is 0 Å². The third-order valence-corrected chi connectivity index (χ3v) is 3.59. The van der Waals surface area contributed by atoms with E-state index in [0.29, 0.717) is 35.9 Å². The molecule has 25 heavy (non-hydrogen) atoms. The van der Waals surface area contributed by atoms with Crippen molar-refractivity contribution >= 4 is 23.6 Å². The van der Waals surface area contributed by atoms with E-state index in [0.717, 1.165) is 5.56 Å². The maximum atomic E-state index is 12.2. The highest BCUT2D eigenvalue weighted by molar-refractivity contribution is 6.30. The van der Waals surface area contributed by atoms with Crippen LogP contribution in [0.2, 0.25) is 5.02 Å². The number of alkyl carbamates (subject to hydrolysis) is 1. The standard InChI is InChI=1S/C18H20ClN3O3/c1-2-25-18(24)22-12-16-11-14(7-9-20-16)17(23)21-8-6-13-4-3-5-15(19)10-13/h3-5,7,9-11H,2,6,8,12H2,1H3,(H,21,23)(H,22,24). The van der Waals surface area contributed by atoms with Gasteiger partial charge in [-0.25, -0.2) is 4.79 Å². The van der Waals surface area contributed by atoms with Crippen LogP contribution in [0.3, 0.4) is 0 Å². The number of aromatic nitrogens is 1. The van der Waals surface area contributed by atoms with Gasteiger partial charge in [-0.15, -0.1) is 0 Å². The van der Waals surface area contributed by atoms with E-state index < -0.39 is 6.09 Å². The van der Waals surface area contributed by atoms with Gasteiger partial charge < -0.3 is 15.4 Å². The van der Waals surface area contributed by atoms with Crippen LogP contribution in [0.25, 0.3) is 0 Å². The van der Waals surface area contributed by atoms with Gasteiger partial charge in [0.05, 0.1) is 18.8 Å². The van der Waals surface area contributed by atoms with Gasteiger partial charge in [0.25, 0.3) is 5.91 Å². The lowest BCUT2D eigenvalue weighted by Crippen LogP contribution is -2.27. The first-order valence-electron chi connectivity index (χ1n) is 7.96. The number of nitrogens with zero attached hydrogens (tertiary/aromatic N) is 1. The molecule has 0 fully saturated rings. The van der Waals surface area contributed by atoms with Gasteiger partial charge in [-0.1, -0.05) is 23.7 Å². The molecule has 2 aromatic rings. The van der Waals surface area contributed by atoms with E-state index in [2.05, 4.69) is 15.6 Å². The van der Waals surface area contributed by atoms with Gasteiger partial charge >= 0.3 is 6.09 Å². The van der Waals surface area contributed by atoms with Gasteiger partial charge in [-0.2, -0.15) is 0 Å². The number of pyridine rings is 1. The average molecular weight is 362 g/mol. The first kappa shape index (κ1) is 18.7. The molecule has 0 spiro atoms. The summed E-state index contributed by atoms with van der Waals surface area (Å²) in [6, 6.07) is 10.8. The van der Waals surface area contributed by atoms with Crippen molar-refractivity contribution in [2.45, 2.75) is 19.9 Å². The number of nitrogens with one attached hydrogen (secondary N) is 2. The number of hydrogen-bond donors (Lipinski definition) is 2. The lowest BCUT2D eigenvalue weighted by Gasteiger charge is -2.08. The highest BCUT2D eigenvalue weighted by Gasteiger charge is 2.08. The Hall–Kier alpha value is -2.60. The molecule has 0 saturated carbocycles. The molecule has 1 aromatic heterocycles. The number of rotatable bonds is 7. The minimum Gasteiger partial charge on any atom is -0.450 e. The summed E-state index contributed by atoms with van der Waals surface area (Å²) in [4.78, 5) is 27.6. The zero-order valence-corrected chi connectivity index (χ0v) is 14.7. The van der Waals surface area contributed by atoms with Gasteiger partial charge in [-0.3, -0.25) is 9.78 Å². The fourth-order valence-corrected chi connectivity index (χ4v) is 2.39. The Bertz CT molecular complexity index is 737. The molecular weight excluding hydrogens is 342 g/mol. The molecule has 0 aliphatic carbocycles. The lowest BCUT2D eigenvalue weighted by atomic mass is 10.1. The Balaban J connectivity index is 1.84. The number of amides is 2. The van der Waals surface area contributed by atoms with Crippen molar-refractivity contribution in [3.8, 4) is 0 Å². The van der Waals surface area contributed by atoms with Crippen LogP contribution < -0.4 is 10.6 Å². The van der Waals surface area contributed by atoms with E-state index in [1.165, 1.54) is 6.20 Å². The summed E-state index contributed by atoms with van der Waals surface area (Å²) in [5, 5.41) is 6.10. The van der Waals surface area contributed by atoms with E-state index in [1.807, 2.05) is 24.3 Å². The molecule has 0 radical (unpaired) electrons. The summed E-state index contributed by atoms with van der Waals surface area (Å²) in [5.74, 6) is -0.193. The number of carbonyl (C=O) groups is 2. The van der Waals surface area contributed by atoms with Crippen LogP contribution in [0, 0.1) is 0 Å². The molecule has 2 rings (SSSR count). The van der Waals surface area contributed by atoms with Crippen LogP contribution in [0.1, 0.15) is 28.5 Å². The summed E-state index contributed by atoms with van der Waals surface area (Å²) in [7, 11) is 0. The topological polar surface area (TPSA) is 80.3 Å². The van der Waals surface area contributed by atoms with Crippen molar-refractivity contribution in [2.24, 2.45) is 0 Å². The minimum atomic E-state index is -0.513. The number of halogens is 1. The smallest absolute Gasteiger partial charge is 0.407 e. The highest BCUT2D eigenvalue weighted by atomic mass is 35.5. The van der Waals surface area contributed by atoms with Crippen molar-refractivity contribution in [1.82, 2.24) is 15.6 Å². The van der Waals surface area contributed by atoms with E-state index in [-0.39, 0.29) is 12.5 Å². The van der Waals surface area contributed by atoms with Crippen molar-refractivity contribution in [2.75, 3.05) is 13.2 Å². The average Bonchev–Trinajstić information content (AvgIpc) is 2.60. The number of benzene rings is 1. The first-order chi connectivity index (χ1) is 12.1. The van der Waals surface area contributed by atoms with Crippen LogP contribution in [-0.2, 0) is 17.7 Å². The molecule has 6 nitrogen and oxygen atoms in total. The molecule has 0 aliphatic heterocycles. The zero-order valence-electron chi connectivity index (χ0n) is 13.9. The summed E-state index contributed by atoms with van der Waals surface area (Å²) >= 11 is 5.94. The predicted molar refractivity (Wildman–Crippen MR) is 95.6 cm³/mol. The number of ether oxygens (including phenoxy) is 1. The minimum absolute atomic E-state index is 0.193. The molecule has 0 atom stereocenters. The lowest BCUT2D eigenvalue weighted by molar-refractivity contribution is 0.0954. The Morgan fingerprint density at radius 3 is 2.80 bits per heavy atom. The van der Waals surface area contributed by atoms with E-state index in [9.17, 15) is 9.59 Å². The van der Waals surface area contributed by atoms with Crippen molar-refractivity contribution in [3.05, 3.63) is 64.4 Å². The normalized spacial score (nSPS) is 10.2.